The molecule has 2 heterocycles. The van der Waals surface area contributed by atoms with Crippen LogP contribution in [-0.2, 0) is 4.74 Å². The zero-order valence-electron chi connectivity index (χ0n) is 13.3. The number of amides is 1. The summed E-state index contributed by atoms with van der Waals surface area (Å²) in [6.45, 7) is 2.31. The van der Waals surface area contributed by atoms with Gasteiger partial charge < -0.3 is 14.6 Å². The molecule has 1 aliphatic heterocycles. The number of aromatic nitrogens is 1. The minimum atomic E-state index is -1.05. The fourth-order valence-corrected chi connectivity index (χ4v) is 2.71. The van der Waals surface area contributed by atoms with Crippen molar-refractivity contribution in [2.75, 3.05) is 25.2 Å². The van der Waals surface area contributed by atoms with Gasteiger partial charge in [-0.1, -0.05) is 12.1 Å². The van der Waals surface area contributed by atoms with Crippen molar-refractivity contribution in [3.63, 3.8) is 0 Å². The number of carbonyl (C=O) groups excluding carboxylic acids is 1. The Morgan fingerprint density at radius 2 is 2.12 bits per heavy atom. The molecule has 1 amide bonds. The zero-order chi connectivity index (χ0) is 17.3. The largest absolute Gasteiger partial charge is 0.489 e. The summed E-state index contributed by atoms with van der Waals surface area (Å²) in [6.07, 6.45) is 0.407. The Hall–Kier alpha value is -3.09. The average Bonchev–Trinajstić information content (AvgIpc) is 2.59. The van der Waals surface area contributed by atoms with Crippen LogP contribution in [0.25, 0.3) is 11.1 Å². The summed E-state index contributed by atoms with van der Waals surface area (Å²) in [5.74, 6) is -0.0806. The Labute approximate surface area is 138 Å². The van der Waals surface area contributed by atoms with E-state index in [0.29, 0.717) is 28.1 Å². The molecule has 7 heteroatoms. The van der Waals surface area contributed by atoms with Crippen LogP contribution in [0.1, 0.15) is 16.1 Å². The van der Waals surface area contributed by atoms with Crippen LogP contribution >= 0.6 is 0 Å². The molecule has 0 spiro atoms. The van der Waals surface area contributed by atoms with Crippen LogP contribution in [0.5, 0.6) is 5.75 Å². The minimum absolute atomic E-state index is 0.244. The molecule has 1 aromatic carbocycles. The van der Waals surface area contributed by atoms with Crippen molar-refractivity contribution >= 4 is 17.7 Å². The Balaban J connectivity index is 2.22. The van der Waals surface area contributed by atoms with Crippen LogP contribution in [0, 0.1) is 6.92 Å². The van der Waals surface area contributed by atoms with Crippen LogP contribution in [0.3, 0.4) is 0 Å². The summed E-state index contributed by atoms with van der Waals surface area (Å²) in [7, 11) is 1.30. The Morgan fingerprint density at radius 3 is 2.83 bits per heavy atom. The predicted octanol–water partition coefficient (Wildman–Crippen LogP) is 2.72. The van der Waals surface area contributed by atoms with Crippen LogP contribution in [0.15, 0.2) is 30.5 Å². The van der Waals surface area contributed by atoms with E-state index < -0.39 is 12.1 Å². The van der Waals surface area contributed by atoms with E-state index in [1.165, 1.54) is 18.2 Å². The number of hydrogen-bond donors (Lipinski definition) is 1. The molecule has 2 aromatic rings. The lowest BCUT2D eigenvalue weighted by molar-refractivity contribution is 0.0601. The number of benzene rings is 1. The second kappa shape index (κ2) is 6.19. The lowest BCUT2D eigenvalue weighted by atomic mass is 9.98. The van der Waals surface area contributed by atoms with Gasteiger partial charge in [0.05, 0.1) is 24.9 Å². The number of ether oxygens (including phenoxy) is 2. The number of fused-ring (bicyclic) bond motifs is 1. The molecule has 0 bridgehead atoms. The first-order valence-corrected chi connectivity index (χ1v) is 7.34. The molecule has 0 saturated heterocycles. The smallest absolute Gasteiger partial charge is 0.412 e. The molecule has 24 heavy (non-hydrogen) atoms. The van der Waals surface area contributed by atoms with E-state index in [0.717, 1.165) is 5.69 Å². The van der Waals surface area contributed by atoms with Crippen molar-refractivity contribution in [3.8, 4) is 16.9 Å². The third kappa shape index (κ3) is 2.64. The molecule has 3 rings (SSSR count). The number of carbonyl (C=O) groups is 2. The highest BCUT2D eigenvalue weighted by Gasteiger charge is 2.27. The standard InChI is InChI=1S/C17H16N2O5/c1-10-8-12(13(9-18-10)16(20)23-2)11-4-3-5-14-15(11)24-7-6-19(14)17(21)22/h3-5,8-9H,6-7H2,1-2H3,(H,21,22). The number of carboxylic acid groups (broad SMARTS) is 1. The van der Waals surface area contributed by atoms with E-state index >= 15 is 0 Å². The molecule has 1 aliphatic rings. The van der Waals surface area contributed by atoms with Crippen LogP contribution in [0.2, 0.25) is 0 Å². The number of esters is 1. The second-order valence-corrected chi connectivity index (χ2v) is 5.30. The van der Waals surface area contributed by atoms with E-state index in [9.17, 15) is 14.7 Å². The highest BCUT2D eigenvalue weighted by molar-refractivity contribution is 6.00. The van der Waals surface area contributed by atoms with Gasteiger partial charge in [-0.25, -0.2) is 9.59 Å². The van der Waals surface area contributed by atoms with E-state index in [4.69, 9.17) is 9.47 Å². The summed E-state index contributed by atoms with van der Waals surface area (Å²) in [4.78, 5) is 28.9. The van der Waals surface area contributed by atoms with Gasteiger partial charge in [0.1, 0.15) is 6.61 Å². The second-order valence-electron chi connectivity index (χ2n) is 5.30. The number of anilines is 1. The van der Waals surface area contributed by atoms with Crippen LogP contribution in [0.4, 0.5) is 10.5 Å². The quantitative estimate of drug-likeness (QED) is 0.853. The molecule has 0 atom stereocenters. The number of methoxy groups -OCH3 is 1. The fraction of sp³-hybridized carbons (Fsp3) is 0.235. The first-order valence-electron chi connectivity index (χ1n) is 7.34. The number of pyridine rings is 1. The molecular formula is C17H16N2O5. The number of para-hydroxylation sites is 1. The number of nitrogens with zero attached hydrogens (tertiary/aromatic N) is 2. The van der Waals surface area contributed by atoms with Crippen molar-refractivity contribution in [1.29, 1.82) is 0 Å². The average molecular weight is 328 g/mol. The van der Waals surface area contributed by atoms with Gasteiger partial charge in [0.15, 0.2) is 5.75 Å². The molecule has 0 radical (unpaired) electrons. The number of hydrogen-bond acceptors (Lipinski definition) is 5. The van der Waals surface area contributed by atoms with Gasteiger partial charge in [0.2, 0.25) is 0 Å². The number of rotatable bonds is 2. The Bertz CT molecular complexity index is 819. The summed E-state index contributed by atoms with van der Waals surface area (Å²) in [5.41, 5.74) is 2.70. The van der Waals surface area contributed by atoms with Crippen LogP contribution in [-0.4, -0.2) is 42.4 Å². The molecule has 7 nitrogen and oxygen atoms in total. The molecule has 0 saturated carbocycles. The fourth-order valence-electron chi connectivity index (χ4n) is 2.71. The molecule has 0 aliphatic carbocycles. The normalized spacial score (nSPS) is 13.0. The lowest BCUT2D eigenvalue weighted by Crippen LogP contribution is -2.36. The monoisotopic (exact) mass is 328 g/mol. The maximum absolute atomic E-state index is 12.1. The van der Waals surface area contributed by atoms with Gasteiger partial charge >= 0.3 is 12.1 Å². The maximum Gasteiger partial charge on any atom is 0.412 e. The number of aryl methyl sites for hydroxylation is 1. The Morgan fingerprint density at radius 1 is 1.33 bits per heavy atom. The maximum atomic E-state index is 12.1. The third-order valence-corrected chi connectivity index (χ3v) is 3.81. The molecule has 0 unspecified atom stereocenters. The molecule has 0 fully saturated rings. The predicted molar refractivity (Wildman–Crippen MR) is 86.6 cm³/mol. The first-order chi connectivity index (χ1) is 11.5. The summed E-state index contributed by atoms with van der Waals surface area (Å²) >= 11 is 0. The highest BCUT2D eigenvalue weighted by atomic mass is 16.5. The topological polar surface area (TPSA) is 89.0 Å². The van der Waals surface area contributed by atoms with E-state index in [1.807, 2.05) is 6.92 Å². The van der Waals surface area contributed by atoms with Crippen molar-refractivity contribution < 1.29 is 24.2 Å². The summed E-state index contributed by atoms with van der Waals surface area (Å²) < 4.78 is 10.5. The van der Waals surface area contributed by atoms with Crippen molar-refractivity contribution in [2.24, 2.45) is 0 Å². The van der Waals surface area contributed by atoms with Gasteiger partial charge in [-0.15, -0.1) is 0 Å². The minimum Gasteiger partial charge on any atom is -0.489 e. The van der Waals surface area contributed by atoms with Gasteiger partial charge in [-0.3, -0.25) is 9.88 Å². The SMILES string of the molecule is COC(=O)c1cnc(C)cc1-c1cccc2c1OCCN2C(=O)O. The summed E-state index contributed by atoms with van der Waals surface area (Å²) in [5, 5.41) is 9.36. The lowest BCUT2D eigenvalue weighted by Gasteiger charge is -2.29. The van der Waals surface area contributed by atoms with Gasteiger partial charge in [-0.05, 0) is 19.1 Å². The van der Waals surface area contributed by atoms with Crippen molar-refractivity contribution in [3.05, 3.63) is 41.7 Å². The Kier molecular flexibility index (Phi) is 4.07. The van der Waals surface area contributed by atoms with Gasteiger partial charge in [-0.2, -0.15) is 0 Å². The molecule has 124 valence electrons. The van der Waals surface area contributed by atoms with E-state index in [1.54, 1.807) is 24.3 Å². The zero-order valence-corrected chi connectivity index (χ0v) is 13.3. The van der Waals surface area contributed by atoms with Crippen molar-refractivity contribution in [2.45, 2.75) is 6.92 Å². The van der Waals surface area contributed by atoms with Crippen LogP contribution < -0.4 is 9.64 Å². The van der Waals surface area contributed by atoms with E-state index in [-0.39, 0.29) is 13.2 Å². The molecule has 1 N–H and O–H groups in total. The first kappa shape index (κ1) is 15.8. The summed E-state index contributed by atoms with van der Waals surface area (Å²) in [6, 6.07) is 6.95. The molecule has 1 aromatic heterocycles. The third-order valence-electron chi connectivity index (χ3n) is 3.81. The van der Waals surface area contributed by atoms with Crippen molar-refractivity contribution in [1.82, 2.24) is 4.98 Å². The molecular weight excluding hydrogens is 312 g/mol. The van der Waals surface area contributed by atoms with E-state index in [2.05, 4.69) is 4.98 Å². The highest BCUT2D eigenvalue weighted by Crippen LogP contribution is 2.41. The van der Waals surface area contributed by atoms with Gasteiger partial charge in [0.25, 0.3) is 0 Å². The van der Waals surface area contributed by atoms with Gasteiger partial charge in [0, 0.05) is 23.0 Å².